The van der Waals surface area contributed by atoms with Crippen molar-refractivity contribution in [2.45, 2.75) is 58.1 Å². The van der Waals surface area contributed by atoms with Crippen LogP contribution in [0, 0.1) is 5.41 Å². The zero-order valence-electron chi connectivity index (χ0n) is 16.5. The molecular weight excluding hydrogens is 356 g/mol. The second-order valence-electron chi connectivity index (χ2n) is 8.21. The van der Waals surface area contributed by atoms with Gasteiger partial charge in [-0.1, -0.05) is 18.1 Å². The Morgan fingerprint density at radius 1 is 1.29 bits per heavy atom. The van der Waals surface area contributed by atoms with Crippen LogP contribution in [0.2, 0.25) is 0 Å². The summed E-state index contributed by atoms with van der Waals surface area (Å²) in [5, 5.41) is 4.01. The van der Waals surface area contributed by atoms with Crippen LogP contribution in [0.4, 0.5) is 0 Å². The van der Waals surface area contributed by atoms with Crippen molar-refractivity contribution < 1.29 is 14.4 Å². The number of carbonyl (C=O) groups excluding carboxylic acids is 2. The van der Waals surface area contributed by atoms with E-state index in [0.717, 1.165) is 56.7 Å². The van der Waals surface area contributed by atoms with Crippen LogP contribution in [0.1, 0.15) is 51.1 Å². The van der Waals surface area contributed by atoms with Gasteiger partial charge in [-0.25, -0.2) is 0 Å². The first-order valence-electron chi connectivity index (χ1n) is 10.3. The SMILES string of the molecule is CCC1=NO[C@@H](C(=O)N2CCC3(CCC(=O)N(Cc4ccccn4)C3)CC2)C1. The van der Waals surface area contributed by atoms with E-state index >= 15 is 0 Å². The standard InChI is InChI=1S/C21H28N4O3/c1-2-16-13-18(28-23-16)20(27)24-11-8-21(9-12-24)7-6-19(26)25(15-21)14-17-5-3-4-10-22-17/h3-5,10,18H,2,6-9,11-15H2,1H3/t18-/m1/s1. The highest BCUT2D eigenvalue weighted by molar-refractivity contribution is 5.92. The lowest BCUT2D eigenvalue weighted by molar-refractivity contribution is -0.148. The van der Waals surface area contributed by atoms with Crippen LogP contribution < -0.4 is 0 Å². The molecule has 7 heteroatoms. The van der Waals surface area contributed by atoms with Gasteiger partial charge >= 0.3 is 0 Å². The van der Waals surface area contributed by atoms with Gasteiger partial charge in [0.2, 0.25) is 12.0 Å². The van der Waals surface area contributed by atoms with Crippen LogP contribution in [0.5, 0.6) is 0 Å². The zero-order chi connectivity index (χ0) is 19.6. The van der Waals surface area contributed by atoms with E-state index in [9.17, 15) is 9.59 Å². The van der Waals surface area contributed by atoms with E-state index in [1.807, 2.05) is 34.9 Å². The van der Waals surface area contributed by atoms with Crippen molar-refractivity contribution in [2.24, 2.45) is 10.6 Å². The molecule has 4 rings (SSSR count). The molecule has 3 aliphatic rings. The summed E-state index contributed by atoms with van der Waals surface area (Å²) in [6.45, 7) is 4.81. The maximum absolute atomic E-state index is 12.7. The van der Waals surface area contributed by atoms with Crippen molar-refractivity contribution in [1.82, 2.24) is 14.8 Å². The highest BCUT2D eigenvalue weighted by Crippen LogP contribution is 2.40. The van der Waals surface area contributed by atoms with E-state index in [1.54, 1.807) is 6.20 Å². The first kappa shape index (κ1) is 18.9. The minimum atomic E-state index is -0.447. The van der Waals surface area contributed by atoms with Gasteiger partial charge in [-0.15, -0.1) is 0 Å². The van der Waals surface area contributed by atoms with Crippen LogP contribution in [-0.2, 0) is 21.0 Å². The molecule has 3 aliphatic heterocycles. The molecule has 7 nitrogen and oxygen atoms in total. The Bertz CT molecular complexity index is 756. The molecule has 1 spiro atoms. The molecule has 0 aliphatic carbocycles. The number of hydrogen-bond donors (Lipinski definition) is 0. The van der Waals surface area contributed by atoms with E-state index in [1.165, 1.54) is 0 Å². The second kappa shape index (κ2) is 7.89. The number of rotatable bonds is 4. The molecular formula is C21H28N4O3. The number of aromatic nitrogens is 1. The minimum Gasteiger partial charge on any atom is -0.382 e. The fourth-order valence-electron chi connectivity index (χ4n) is 4.51. The highest BCUT2D eigenvalue weighted by atomic mass is 16.6. The van der Waals surface area contributed by atoms with E-state index in [2.05, 4.69) is 10.1 Å². The normalized spacial score (nSPS) is 24.2. The van der Waals surface area contributed by atoms with Gasteiger partial charge in [-0.05, 0) is 43.2 Å². The predicted molar refractivity (Wildman–Crippen MR) is 104 cm³/mol. The lowest BCUT2D eigenvalue weighted by atomic mass is 9.72. The predicted octanol–water partition coefficient (Wildman–Crippen LogP) is 2.37. The summed E-state index contributed by atoms with van der Waals surface area (Å²) in [6.07, 6.45) is 6.12. The Labute approximate surface area is 165 Å². The monoisotopic (exact) mass is 384 g/mol. The van der Waals surface area contributed by atoms with Crippen molar-refractivity contribution >= 4 is 17.5 Å². The summed E-state index contributed by atoms with van der Waals surface area (Å²) in [4.78, 5) is 38.8. The number of piperidine rings is 2. The van der Waals surface area contributed by atoms with Gasteiger partial charge in [0.05, 0.1) is 18.0 Å². The summed E-state index contributed by atoms with van der Waals surface area (Å²) in [7, 11) is 0. The molecule has 0 aromatic carbocycles. The van der Waals surface area contributed by atoms with Crippen LogP contribution in [0.3, 0.4) is 0 Å². The van der Waals surface area contributed by atoms with E-state index in [4.69, 9.17) is 4.84 Å². The third kappa shape index (κ3) is 3.88. The molecule has 2 saturated heterocycles. The smallest absolute Gasteiger partial charge is 0.266 e. The molecule has 2 amide bonds. The van der Waals surface area contributed by atoms with Crippen LogP contribution in [0.15, 0.2) is 29.6 Å². The Kier molecular flexibility index (Phi) is 5.33. The van der Waals surface area contributed by atoms with E-state index in [0.29, 0.717) is 19.4 Å². The zero-order valence-corrected chi connectivity index (χ0v) is 16.5. The number of pyridine rings is 1. The first-order valence-corrected chi connectivity index (χ1v) is 10.3. The van der Waals surface area contributed by atoms with Crippen molar-refractivity contribution in [3.63, 3.8) is 0 Å². The van der Waals surface area contributed by atoms with Gasteiger partial charge in [-0.3, -0.25) is 14.6 Å². The van der Waals surface area contributed by atoms with Crippen molar-refractivity contribution in [1.29, 1.82) is 0 Å². The second-order valence-corrected chi connectivity index (χ2v) is 8.21. The number of hydrogen-bond acceptors (Lipinski definition) is 5. The summed E-state index contributed by atoms with van der Waals surface area (Å²) in [5.41, 5.74) is 1.99. The summed E-state index contributed by atoms with van der Waals surface area (Å²) in [5.74, 6) is 0.262. The molecule has 1 aromatic rings. The average Bonchev–Trinajstić information content (AvgIpc) is 3.21. The Hall–Kier alpha value is -2.44. The van der Waals surface area contributed by atoms with Crippen LogP contribution >= 0.6 is 0 Å². The van der Waals surface area contributed by atoms with Gasteiger partial charge in [0.15, 0.2) is 0 Å². The van der Waals surface area contributed by atoms with Crippen LogP contribution in [0.25, 0.3) is 0 Å². The number of oxime groups is 1. The lowest BCUT2D eigenvalue weighted by Gasteiger charge is -2.47. The van der Waals surface area contributed by atoms with Crippen LogP contribution in [-0.4, -0.2) is 58.0 Å². The largest absolute Gasteiger partial charge is 0.382 e. The molecule has 28 heavy (non-hydrogen) atoms. The molecule has 0 unspecified atom stereocenters. The number of nitrogens with zero attached hydrogens (tertiary/aromatic N) is 4. The molecule has 0 N–H and O–H groups in total. The Balaban J connectivity index is 1.34. The van der Waals surface area contributed by atoms with Crippen molar-refractivity contribution in [3.05, 3.63) is 30.1 Å². The number of likely N-dealkylation sites (tertiary alicyclic amines) is 2. The Morgan fingerprint density at radius 2 is 2.11 bits per heavy atom. The lowest BCUT2D eigenvalue weighted by Crippen LogP contribution is -2.53. The van der Waals surface area contributed by atoms with Crippen molar-refractivity contribution in [2.75, 3.05) is 19.6 Å². The molecule has 0 radical (unpaired) electrons. The summed E-state index contributed by atoms with van der Waals surface area (Å²) < 4.78 is 0. The van der Waals surface area contributed by atoms with Gasteiger partial charge < -0.3 is 14.6 Å². The quantitative estimate of drug-likeness (QED) is 0.799. The minimum absolute atomic E-state index is 0.0549. The molecule has 0 bridgehead atoms. The molecule has 1 atom stereocenters. The maximum Gasteiger partial charge on any atom is 0.266 e. The molecule has 150 valence electrons. The third-order valence-corrected chi connectivity index (χ3v) is 6.38. The Morgan fingerprint density at radius 3 is 2.79 bits per heavy atom. The molecule has 2 fully saturated rings. The highest BCUT2D eigenvalue weighted by Gasteiger charge is 2.43. The fraction of sp³-hybridized carbons (Fsp3) is 0.619. The topological polar surface area (TPSA) is 75.1 Å². The van der Waals surface area contributed by atoms with E-state index < -0.39 is 6.10 Å². The summed E-state index contributed by atoms with van der Waals surface area (Å²) >= 11 is 0. The fourth-order valence-corrected chi connectivity index (χ4v) is 4.51. The van der Waals surface area contributed by atoms with Gasteiger partial charge in [-0.2, -0.15) is 0 Å². The number of carbonyl (C=O) groups is 2. The first-order chi connectivity index (χ1) is 13.6. The third-order valence-electron chi connectivity index (χ3n) is 6.38. The maximum atomic E-state index is 12.7. The molecule has 0 saturated carbocycles. The van der Waals surface area contributed by atoms with Gasteiger partial charge in [0, 0.05) is 38.7 Å². The molecule has 4 heterocycles. The van der Waals surface area contributed by atoms with Gasteiger partial charge in [0.1, 0.15) is 0 Å². The molecule has 1 aromatic heterocycles. The summed E-state index contributed by atoms with van der Waals surface area (Å²) in [6, 6.07) is 5.80. The van der Waals surface area contributed by atoms with Gasteiger partial charge in [0.25, 0.3) is 5.91 Å². The average molecular weight is 384 g/mol. The van der Waals surface area contributed by atoms with Crippen molar-refractivity contribution in [3.8, 4) is 0 Å². The number of amides is 2. The van der Waals surface area contributed by atoms with E-state index in [-0.39, 0.29) is 17.2 Å².